The average molecular weight is 276 g/mol. The number of benzene rings is 1. The van der Waals surface area contributed by atoms with Gasteiger partial charge in [-0.15, -0.1) is 0 Å². The van der Waals surface area contributed by atoms with Crippen molar-refractivity contribution in [3.63, 3.8) is 0 Å². The number of methoxy groups -OCH3 is 1. The minimum Gasteiger partial charge on any atom is -0.495 e. The first kappa shape index (κ1) is 14.3. The summed E-state index contributed by atoms with van der Waals surface area (Å²) in [4.78, 5) is -0.0242. The number of ether oxygens (including phenoxy) is 1. The van der Waals surface area contributed by atoms with Crippen LogP contribution in [0.5, 0.6) is 5.75 Å². The number of thiol groups is 1. The average Bonchev–Trinajstić information content (AvgIpc) is 2.27. The van der Waals surface area contributed by atoms with Crippen molar-refractivity contribution in [2.45, 2.75) is 17.4 Å². The Morgan fingerprint density at radius 2 is 2.12 bits per heavy atom. The number of hydrogen-bond acceptors (Lipinski definition) is 5. The van der Waals surface area contributed by atoms with Crippen molar-refractivity contribution >= 4 is 22.7 Å². The van der Waals surface area contributed by atoms with Crippen LogP contribution in [-0.2, 0) is 16.4 Å². The third kappa shape index (κ3) is 3.88. The van der Waals surface area contributed by atoms with E-state index in [0.29, 0.717) is 12.2 Å². The molecule has 4 N–H and O–H groups in total. The van der Waals surface area contributed by atoms with E-state index in [0.717, 1.165) is 5.56 Å². The van der Waals surface area contributed by atoms with Crippen molar-refractivity contribution in [3.05, 3.63) is 23.8 Å². The summed E-state index contributed by atoms with van der Waals surface area (Å²) in [6, 6.07) is 4.69. The molecule has 0 aliphatic rings. The van der Waals surface area contributed by atoms with Crippen LogP contribution in [0.15, 0.2) is 23.1 Å². The first-order chi connectivity index (χ1) is 7.88. The van der Waals surface area contributed by atoms with Gasteiger partial charge in [0.25, 0.3) is 0 Å². The highest BCUT2D eigenvalue weighted by Crippen LogP contribution is 2.24. The van der Waals surface area contributed by atoms with Crippen LogP contribution in [0.4, 0.5) is 0 Å². The maximum Gasteiger partial charge on any atom is 0.241 e. The van der Waals surface area contributed by atoms with Gasteiger partial charge >= 0.3 is 0 Å². The molecule has 0 heterocycles. The van der Waals surface area contributed by atoms with Gasteiger partial charge in [0, 0.05) is 11.8 Å². The lowest BCUT2D eigenvalue weighted by Gasteiger charge is -2.11. The van der Waals surface area contributed by atoms with E-state index in [2.05, 4.69) is 12.6 Å². The molecule has 96 valence electrons. The molecule has 0 radical (unpaired) electrons. The summed E-state index contributed by atoms with van der Waals surface area (Å²) in [6.45, 7) is 0. The molecule has 0 fully saturated rings. The minimum absolute atomic E-state index is 0.0242. The molecule has 1 aromatic rings. The zero-order valence-electron chi connectivity index (χ0n) is 9.46. The zero-order chi connectivity index (χ0) is 13.1. The molecule has 0 amide bonds. The molecule has 0 aliphatic heterocycles. The van der Waals surface area contributed by atoms with Gasteiger partial charge in [0.15, 0.2) is 0 Å². The molecule has 1 rings (SSSR count). The normalized spacial score (nSPS) is 13.4. The predicted molar refractivity (Wildman–Crippen MR) is 69.9 cm³/mol. The van der Waals surface area contributed by atoms with Crippen LogP contribution in [0.25, 0.3) is 0 Å². The van der Waals surface area contributed by atoms with E-state index in [4.69, 9.17) is 15.6 Å². The van der Waals surface area contributed by atoms with Gasteiger partial charge in [-0.2, -0.15) is 12.6 Å². The van der Waals surface area contributed by atoms with Gasteiger partial charge in [-0.3, -0.25) is 0 Å². The Kier molecular flexibility index (Phi) is 4.81. The van der Waals surface area contributed by atoms with Crippen LogP contribution in [0.1, 0.15) is 5.56 Å². The topological polar surface area (TPSA) is 95.4 Å². The molecule has 7 heteroatoms. The van der Waals surface area contributed by atoms with Gasteiger partial charge in [-0.1, -0.05) is 6.07 Å². The summed E-state index contributed by atoms with van der Waals surface area (Å²) in [5.41, 5.74) is 6.53. The number of primary sulfonamides is 1. The molecule has 1 aromatic carbocycles. The van der Waals surface area contributed by atoms with Crippen LogP contribution in [-0.4, -0.2) is 27.3 Å². The summed E-state index contributed by atoms with van der Waals surface area (Å²) in [6.07, 6.45) is 0.538. The number of hydrogen-bond donors (Lipinski definition) is 3. The monoisotopic (exact) mass is 276 g/mol. The largest absolute Gasteiger partial charge is 0.495 e. The Bertz CT molecular complexity index is 488. The summed E-state index contributed by atoms with van der Waals surface area (Å²) in [7, 11) is -2.40. The van der Waals surface area contributed by atoms with Crippen molar-refractivity contribution in [2.24, 2.45) is 10.9 Å². The Hall–Kier alpha value is -0.760. The molecule has 5 nitrogen and oxygen atoms in total. The number of nitrogens with two attached hydrogens (primary N) is 2. The van der Waals surface area contributed by atoms with Gasteiger partial charge in [-0.05, 0) is 24.1 Å². The third-order valence-electron chi connectivity index (χ3n) is 2.27. The Balaban J connectivity index is 3.14. The molecule has 1 atom stereocenters. The van der Waals surface area contributed by atoms with E-state index in [-0.39, 0.29) is 16.7 Å². The molecule has 0 unspecified atom stereocenters. The highest BCUT2D eigenvalue weighted by molar-refractivity contribution is 7.89. The molecule has 0 saturated heterocycles. The second-order valence-corrected chi connectivity index (χ2v) is 5.57. The molecule has 0 saturated carbocycles. The molecule has 0 bridgehead atoms. The fourth-order valence-corrected chi connectivity index (χ4v) is 2.31. The van der Waals surface area contributed by atoms with Crippen molar-refractivity contribution in [3.8, 4) is 5.75 Å². The fourth-order valence-electron chi connectivity index (χ4n) is 1.44. The van der Waals surface area contributed by atoms with E-state index in [1.165, 1.54) is 13.2 Å². The van der Waals surface area contributed by atoms with Crippen molar-refractivity contribution in [1.82, 2.24) is 0 Å². The lowest BCUT2D eigenvalue weighted by Crippen LogP contribution is -2.24. The van der Waals surface area contributed by atoms with E-state index in [1.54, 1.807) is 12.1 Å². The quantitative estimate of drug-likeness (QED) is 0.667. The maximum absolute atomic E-state index is 11.4. The lowest BCUT2D eigenvalue weighted by molar-refractivity contribution is 0.402. The SMILES string of the molecule is COc1ccc(C[C@H](N)CS)cc1S(N)(=O)=O. The van der Waals surface area contributed by atoms with Gasteiger partial charge in [0.05, 0.1) is 7.11 Å². The highest BCUT2D eigenvalue weighted by Gasteiger charge is 2.16. The zero-order valence-corrected chi connectivity index (χ0v) is 11.2. The van der Waals surface area contributed by atoms with Crippen molar-refractivity contribution < 1.29 is 13.2 Å². The van der Waals surface area contributed by atoms with E-state index in [9.17, 15) is 8.42 Å². The van der Waals surface area contributed by atoms with Crippen LogP contribution >= 0.6 is 12.6 Å². The maximum atomic E-state index is 11.4. The molecular formula is C10H16N2O3S2. The molecule has 0 aromatic heterocycles. The second-order valence-electron chi connectivity index (χ2n) is 3.68. The Morgan fingerprint density at radius 1 is 1.47 bits per heavy atom. The molecule has 0 aliphatic carbocycles. The summed E-state index contributed by atoms with van der Waals surface area (Å²) in [5, 5.41) is 5.11. The van der Waals surface area contributed by atoms with Crippen molar-refractivity contribution in [1.29, 1.82) is 0 Å². The fraction of sp³-hybridized carbons (Fsp3) is 0.400. The number of rotatable bonds is 5. The molecule has 0 spiro atoms. The van der Waals surface area contributed by atoms with Crippen LogP contribution in [0.3, 0.4) is 0 Å². The molecular weight excluding hydrogens is 260 g/mol. The van der Waals surface area contributed by atoms with Crippen LogP contribution in [0.2, 0.25) is 0 Å². The molecule has 17 heavy (non-hydrogen) atoms. The smallest absolute Gasteiger partial charge is 0.241 e. The van der Waals surface area contributed by atoms with Gasteiger partial charge in [-0.25, -0.2) is 13.6 Å². The standard InChI is InChI=1S/C10H16N2O3S2/c1-15-9-3-2-7(4-8(11)6-16)5-10(9)17(12,13)14/h2-3,5,8,16H,4,6,11H2,1H3,(H2,12,13,14)/t8-/m0/s1. The first-order valence-electron chi connectivity index (χ1n) is 4.94. The van der Waals surface area contributed by atoms with E-state index < -0.39 is 10.0 Å². The lowest BCUT2D eigenvalue weighted by atomic mass is 10.1. The summed E-state index contributed by atoms with van der Waals surface area (Å²) < 4.78 is 27.7. The Morgan fingerprint density at radius 3 is 2.59 bits per heavy atom. The van der Waals surface area contributed by atoms with Crippen molar-refractivity contribution in [2.75, 3.05) is 12.9 Å². The third-order valence-corrected chi connectivity index (χ3v) is 3.67. The minimum atomic E-state index is -3.80. The Labute approximate surface area is 107 Å². The van der Waals surface area contributed by atoms with Crippen LogP contribution in [0, 0.1) is 0 Å². The highest BCUT2D eigenvalue weighted by atomic mass is 32.2. The van der Waals surface area contributed by atoms with E-state index >= 15 is 0 Å². The number of sulfonamides is 1. The second kappa shape index (κ2) is 5.72. The van der Waals surface area contributed by atoms with Gasteiger partial charge in [0.1, 0.15) is 10.6 Å². The van der Waals surface area contributed by atoms with Gasteiger partial charge in [0.2, 0.25) is 10.0 Å². The first-order valence-corrected chi connectivity index (χ1v) is 7.12. The summed E-state index contributed by atoms with van der Waals surface area (Å²) in [5.74, 6) is 0.757. The summed E-state index contributed by atoms with van der Waals surface area (Å²) >= 11 is 4.07. The van der Waals surface area contributed by atoms with Crippen LogP contribution < -0.4 is 15.6 Å². The predicted octanol–water partition coefficient (Wildman–Crippen LogP) is 0.142. The van der Waals surface area contributed by atoms with E-state index in [1.807, 2.05) is 0 Å². The van der Waals surface area contributed by atoms with Gasteiger partial charge < -0.3 is 10.5 Å².